The topological polar surface area (TPSA) is 129 Å². The van der Waals surface area contributed by atoms with Crippen LogP contribution < -0.4 is 20.8 Å². The van der Waals surface area contributed by atoms with Gasteiger partial charge in [-0.25, -0.2) is 9.98 Å². The third kappa shape index (κ3) is 14.3. The molecule has 6 rings (SSSR count). The molecule has 0 atom stereocenters. The SMILES string of the molecule is CC(C)(C)c1ccc(N=C(Nc2ccc(C(C)(C)C)cc2)c2ccccc2C(=O)[O-])cc1.CC(C)(C)c1ccc(N=C(Nc2ccc(C(C)(C)C)cc2)c2ccccc2C(=O)[O-])cc1.[Ni+2]. The van der Waals surface area contributed by atoms with E-state index < -0.39 is 11.9 Å². The van der Waals surface area contributed by atoms with Crippen molar-refractivity contribution in [3.05, 3.63) is 190 Å². The van der Waals surface area contributed by atoms with Gasteiger partial charge in [-0.2, -0.15) is 0 Å². The molecule has 0 aromatic heterocycles. The van der Waals surface area contributed by atoms with Crippen LogP contribution in [0, 0.1) is 0 Å². The molecule has 0 aliphatic carbocycles. The molecule has 0 bridgehead atoms. The van der Waals surface area contributed by atoms with Crippen LogP contribution in [-0.2, 0) is 38.2 Å². The van der Waals surface area contributed by atoms with Crippen LogP contribution in [-0.4, -0.2) is 23.6 Å². The molecule has 65 heavy (non-hydrogen) atoms. The maximum Gasteiger partial charge on any atom is 2.00 e. The zero-order valence-electron chi connectivity index (χ0n) is 39.7. The predicted molar refractivity (Wildman–Crippen MR) is 262 cm³/mol. The van der Waals surface area contributed by atoms with Crippen LogP contribution in [0.25, 0.3) is 0 Å². The second-order valence-corrected chi connectivity index (χ2v) is 20.1. The second-order valence-electron chi connectivity index (χ2n) is 20.1. The first-order valence-electron chi connectivity index (χ1n) is 21.7. The van der Waals surface area contributed by atoms with Crippen molar-refractivity contribution in [1.82, 2.24) is 0 Å². The van der Waals surface area contributed by atoms with Crippen molar-refractivity contribution in [3.8, 4) is 0 Å². The van der Waals surface area contributed by atoms with E-state index in [1.165, 1.54) is 34.4 Å². The number of aliphatic imine (C=N–C) groups is 2. The van der Waals surface area contributed by atoms with E-state index in [9.17, 15) is 19.8 Å². The first-order valence-corrected chi connectivity index (χ1v) is 21.7. The summed E-state index contributed by atoms with van der Waals surface area (Å²) >= 11 is 0. The van der Waals surface area contributed by atoms with E-state index in [1.54, 1.807) is 36.4 Å². The number of nitrogens with one attached hydrogen (secondary N) is 2. The molecule has 0 saturated carbocycles. The number of hydrogen-bond donors (Lipinski definition) is 2. The Kier molecular flexibility index (Phi) is 16.7. The van der Waals surface area contributed by atoms with Crippen molar-refractivity contribution in [1.29, 1.82) is 0 Å². The number of rotatable bonds is 8. The number of hydrogen-bond acceptors (Lipinski definition) is 6. The van der Waals surface area contributed by atoms with Crippen LogP contribution in [0.4, 0.5) is 22.7 Å². The summed E-state index contributed by atoms with van der Waals surface area (Å²) in [5.74, 6) is -1.56. The summed E-state index contributed by atoms with van der Waals surface area (Å²) in [7, 11) is 0. The third-order valence-electron chi connectivity index (χ3n) is 10.8. The molecule has 0 unspecified atom stereocenters. The number of nitrogens with zero attached hydrogens (tertiary/aromatic N) is 2. The molecule has 6 aromatic rings. The normalized spacial score (nSPS) is 12.3. The van der Waals surface area contributed by atoms with Crippen molar-refractivity contribution in [2.24, 2.45) is 9.98 Å². The van der Waals surface area contributed by atoms with Gasteiger partial charge >= 0.3 is 16.5 Å². The van der Waals surface area contributed by atoms with Gasteiger partial charge in [0, 0.05) is 33.6 Å². The van der Waals surface area contributed by atoms with Gasteiger partial charge in [0.25, 0.3) is 0 Å². The largest absolute Gasteiger partial charge is 2.00 e. The van der Waals surface area contributed by atoms with Crippen molar-refractivity contribution in [3.63, 3.8) is 0 Å². The Bertz CT molecular complexity index is 2420. The Morgan fingerprint density at radius 1 is 0.369 bits per heavy atom. The zero-order valence-corrected chi connectivity index (χ0v) is 40.7. The Morgan fingerprint density at radius 2 is 0.600 bits per heavy atom. The van der Waals surface area contributed by atoms with Gasteiger partial charge in [0.15, 0.2) is 0 Å². The van der Waals surface area contributed by atoms with Gasteiger partial charge < -0.3 is 30.4 Å². The van der Waals surface area contributed by atoms with Crippen LogP contribution in [0.5, 0.6) is 0 Å². The number of benzene rings is 6. The van der Waals surface area contributed by atoms with E-state index in [4.69, 9.17) is 9.98 Å². The van der Waals surface area contributed by atoms with E-state index >= 15 is 0 Å². The standard InChI is InChI=1S/2C28H32N2O2.Ni/c2*1-27(2,3)19-11-15-21(16-12-19)29-25(23-9-7-8-10-24(23)26(31)32)30-22-17-13-20(14-18-22)28(4,5)6;/h2*7-18H,1-6H3,(H,29,30)(H,31,32);/q;;+2/p-2. The van der Waals surface area contributed by atoms with Crippen molar-refractivity contribution in [2.45, 2.75) is 105 Å². The minimum Gasteiger partial charge on any atom is -0.545 e. The fourth-order valence-corrected chi connectivity index (χ4v) is 6.76. The Labute approximate surface area is 396 Å². The third-order valence-corrected chi connectivity index (χ3v) is 10.8. The van der Waals surface area contributed by atoms with E-state index in [0.29, 0.717) is 22.8 Å². The Hall–Kier alpha value is -6.31. The summed E-state index contributed by atoms with van der Waals surface area (Å²) in [4.78, 5) is 33.0. The number of carboxylic acid groups (broad SMARTS) is 2. The minimum absolute atomic E-state index is 0. The molecule has 8 nitrogen and oxygen atoms in total. The molecule has 0 saturated heterocycles. The zero-order chi connectivity index (χ0) is 47.0. The maximum absolute atomic E-state index is 11.7. The maximum atomic E-state index is 11.7. The predicted octanol–water partition coefficient (Wildman–Crippen LogP) is 11.7. The molecule has 2 N–H and O–H groups in total. The van der Waals surface area contributed by atoms with Crippen LogP contribution in [0.1, 0.15) is 137 Å². The second kappa shape index (κ2) is 21.1. The minimum atomic E-state index is -1.23. The fourth-order valence-electron chi connectivity index (χ4n) is 6.76. The molecule has 0 fully saturated rings. The monoisotopic (exact) mass is 912 g/mol. The molecule has 0 aliphatic rings. The van der Waals surface area contributed by atoms with Gasteiger partial charge in [0.2, 0.25) is 0 Å². The quantitative estimate of drug-likeness (QED) is 0.0889. The van der Waals surface area contributed by atoms with Gasteiger partial charge in [-0.05, 0) is 92.4 Å². The number of carbonyl (C=O) groups excluding carboxylic acids is 2. The van der Waals surface area contributed by atoms with Crippen LogP contribution in [0.15, 0.2) is 156 Å². The summed E-state index contributed by atoms with van der Waals surface area (Å²) in [5.41, 5.74) is 9.30. The Balaban J connectivity index is 0.000000280. The molecule has 340 valence electrons. The molecule has 0 spiro atoms. The van der Waals surface area contributed by atoms with Gasteiger partial charge in [0.05, 0.1) is 23.3 Å². The van der Waals surface area contributed by atoms with E-state index in [1.807, 2.05) is 48.5 Å². The molecular weight excluding hydrogens is 851 g/mol. The molecule has 9 heteroatoms. The summed E-state index contributed by atoms with van der Waals surface area (Å²) in [6, 6.07) is 45.8. The first kappa shape index (κ1) is 51.3. The fraction of sp³-hybridized carbons (Fsp3) is 0.286. The van der Waals surface area contributed by atoms with Crippen LogP contribution in [0.3, 0.4) is 0 Å². The van der Waals surface area contributed by atoms with Crippen molar-refractivity contribution in [2.75, 3.05) is 10.6 Å². The average Bonchev–Trinajstić information content (AvgIpc) is 3.23. The summed E-state index contributed by atoms with van der Waals surface area (Å²) in [5, 5.41) is 30.1. The van der Waals surface area contributed by atoms with Crippen molar-refractivity contribution >= 4 is 46.4 Å². The number of anilines is 2. The number of aromatic carboxylic acids is 2. The van der Waals surface area contributed by atoms with Gasteiger partial charge in [0.1, 0.15) is 11.7 Å². The van der Waals surface area contributed by atoms with Gasteiger partial charge in [-0.15, -0.1) is 0 Å². The van der Waals surface area contributed by atoms with Crippen LogP contribution >= 0.6 is 0 Å². The molecular formula is C56H62N4NiO4. The summed E-state index contributed by atoms with van der Waals surface area (Å²) in [6.07, 6.45) is 0. The molecule has 0 heterocycles. The summed E-state index contributed by atoms with van der Waals surface area (Å²) in [6.45, 7) is 26.0. The smallest absolute Gasteiger partial charge is 0.545 e. The van der Waals surface area contributed by atoms with Gasteiger partial charge in [-0.1, -0.05) is 180 Å². The van der Waals surface area contributed by atoms with E-state index in [2.05, 4.69) is 142 Å². The number of carboxylic acids is 2. The number of amidine groups is 2. The van der Waals surface area contributed by atoms with Gasteiger partial charge in [-0.3, -0.25) is 0 Å². The van der Waals surface area contributed by atoms with Crippen LogP contribution in [0.2, 0.25) is 0 Å². The summed E-state index contributed by atoms with van der Waals surface area (Å²) < 4.78 is 0. The molecule has 0 aliphatic heterocycles. The van der Waals surface area contributed by atoms with Crippen molar-refractivity contribution < 1.29 is 36.3 Å². The van der Waals surface area contributed by atoms with E-state index in [0.717, 1.165) is 22.7 Å². The Morgan fingerprint density at radius 3 is 0.831 bits per heavy atom. The van der Waals surface area contributed by atoms with E-state index in [-0.39, 0.29) is 49.3 Å². The molecule has 6 aromatic carbocycles. The molecule has 0 radical (unpaired) electrons. The molecule has 0 amide bonds. The number of carbonyl (C=O) groups is 2. The average molecular weight is 914 g/mol. The first-order chi connectivity index (χ1) is 29.9.